The molecule has 0 saturated carbocycles. The molecule has 2 rings (SSSR count). The molecule has 0 fully saturated rings. The molecule has 0 saturated heterocycles. The van der Waals surface area contributed by atoms with Crippen LogP contribution in [0.5, 0.6) is 0 Å². The van der Waals surface area contributed by atoms with Gasteiger partial charge in [0.05, 0.1) is 16.3 Å². The number of carbonyl (C=O) groups excluding carboxylic acids is 2. The molecule has 0 spiro atoms. The summed E-state index contributed by atoms with van der Waals surface area (Å²) in [5, 5.41) is 5.37. The molecule has 5 nitrogen and oxygen atoms in total. The maximum Gasteiger partial charge on any atom is 0.340 e. The van der Waals surface area contributed by atoms with Crippen LogP contribution in [0.2, 0.25) is 5.02 Å². The standard InChI is InChI=1S/C16H14ClFN2O3/c1-19-13-5-3-2-4-11(13)16(22)23-9-15(21)20-14-7-6-10(18)8-12(14)17/h2-8,19H,9H2,1H3,(H,20,21). The molecule has 120 valence electrons. The first-order valence-corrected chi connectivity index (χ1v) is 7.08. The zero-order chi connectivity index (χ0) is 16.8. The van der Waals surface area contributed by atoms with E-state index in [4.69, 9.17) is 16.3 Å². The summed E-state index contributed by atoms with van der Waals surface area (Å²) in [5.74, 6) is -1.72. The maximum absolute atomic E-state index is 12.9. The Morgan fingerprint density at radius 3 is 2.61 bits per heavy atom. The van der Waals surface area contributed by atoms with Crippen molar-refractivity contribution in [2.24, 2.45) is 0 Å². The van der Waals surface area contributed by atoms with E-state index < -0.39 is 24.3 Å². The van der Waals surface area contributed by atoms with Gasteiger partial charge in [-0.25, -0.2) is 9.18 Å². The number of ether oxygens (including phenoxy) is 1. The average molecular weight is 337 g/mol. The summed E-state index contributed by atoms with van der Waals surface area (Å²) in [6.45, 7) is -0.482. The fourth-order valence-corrected chi connectivity index (χ4v) is 2.08. The third kappa shape index (κ3) is 4.43. The van der Waals surface area contributed by atoms with Crippen LogP contribution in [0.15, 0.2) is 42.5 Å². The van der Waals surface area contributed by atoms with Gasteiger partial charge in [-0.05, 0) is 30.3 Å². The fourth-order valence-electron chi connectivity index (χ4n) is 1.87. The highest BCUT2D eigenvalue weighted by molar-refractivity contribution is 6.33. The summed E-state index contributed by atoms with van der Waals surface area (Å²) < 4.78 is 17.9. The van der Waals surface area contributed by atoms with E-state index in [0.717, 1.165) is 12.1 Å². The van der Waals surface area contributed by atoms with Gasteiger partial charge in [0.1, 0.15) is 5.82 Å². The van der Waals surface area contributed by atoms with Crippen LogP contribution in [0.1, 0.15) is 10.4 Å². The van der Waals surface area contributed by atoms with Crippen molar-refractivity contribution in [3.05, 3.63) is 58.9 Å². The Morgan fingerprint density at radius 1 is 1.17 bits per heavy atom. The lowest BCUT2D eigenvalue weighted by atomic mass is 10.2. The first-order chi connectivity index (χ1) is 11.0. The predicted octanol–water partition coefficient (Wildman–Crippen LogP) is 3.32. The Hall–Kier alpha value is -2.60. The maximum atomic E-state index is 12.9. The number of benzene rings is 2. The highest BCUT2D eigenvalue weighted by atomic mass is 35.5. The molecule has 0 aliphatic carbocycles. The van der Waals surface area contributed by atoms with E-state index in [2.05, 4.69) is 10.6 Å². The smallest absolute Gasteiger partial charge is 0.340 e. The lowest BCUT2D eigenvalue weighted by Gasteiger charge is -2.10. The van der Waals surface area contributed by atoms with Crippen LogP contribution >= 0.6 is 11.6 Å². The van der Waals surface area contributed by atoms with E-state index in [1.54, 1.807) is 31.3 Å². The molecule has 0 radical (unpaired) electrons. The zero-order valence-corrected chi connectivity index (χ0v) is 13.0. The molecule has 2 aromatic rings. The lowest BCUT2D eigenvalue weighted by molar-refractivity contribution is -0.119. The molecule has 0 unspecified atom stereocenters. The SMILES string of the molecule is CNc1ccccc1C(=O)OCC(=O)Nc1ccc(F)cc1Cl. The first kappa shape index (κ1) is 16.8. The van der Waals surface area contributed by atoms with Gasteiger partial charge in [0.2, 0.25) is 0 Å². The minimum atomic E-state index is -0.629. The van der Waals surface area contributed by atoms with Crippen LogP contribution in [-0.4, -0.2) is 25.5 Å². The van der Waals surface area contributed by atoms with Gasteiger partial charge in [-0.2, -0.15) is 0 Å². The number of hydrogen-bond donors (Lipinski definition) is 2. The van der Waals surface area contributed by atoms with E-state index in [1.165, 1.54) is 6.07 Å². The summed E-state index contributed by atoms with van der Waals surface area (Å²) in [7, 11) is 1.68. The second-order valence-corrected chi connectivity index (χ2v) is 4.95. The molecule has 2 N–H and O–H groups in total. The van der Waals surface area contributed by atoms with Crippen LogP contribution in [0.4, 0.5) is 15.8 Å². The molecule has 0 heterocycles. The van der Waals surface area contributed by atoms with E-state index in [1.807, 2.05) is 0 Å². The summed E-state index contributed by atoms with van der Waals surface area (Å²) >= 11 is 5.80. The Bertz CT molecular complexity index is 737. The Morgan fingerprint density at radius 2 is 1.91 bits per heavy atom. The van der Waals surface area contributed by atoms with E-state index in [9.17, 15) is 14.0 Å². The zero-order valence-electron chi connectivity index (χ0n) is 12.2. The number of nitrogens with one attached hydrogen (secondary N) is 2. The molecule has 0 aromatic heterocycles. The number of amides is 1. The van der Waals surface area contributed by atoms with Gasteiger partial charge in [0.15, 0.2) is 6.61 Å². The fraction of sp³-hybridized carbons (Fsp3) is 0.125. The molecule has 0 aliphatic heterocycles. The van der Waals surface area contributed by atoms with Gasteiger partial charge < -0.3 is 15.4 Å². The number of anilines is 2. The van der Waals surface area contributed by atoms with Gasteiger partial charge in [-0.15, -0.1) is 0 Å². The Kier molecular flexibility index (Phi) is 5.54. The predicted molar refractivity (Wildman–Crippen MR) is 86.3 cm³/mol. The third-order valence-electron chi connectivity index (χ3n) is 2.96. The van der Waals surface area contributed by atoms with Crippen molar-refractivity contribution in [1.29, 1.82) is 0 Å². The minimum Gasteiger partial charge on any atom is -0.452 e. The molecule has 0 bridgehead atoms. The second-order valence-electron chi connectivity index (χ2n) is 4.54. The molecule has 0 aliphatic rings. The van der Waals surface area contributed by atoms with Gasteiger partial charge in [0.25, 0.3) is 5.91 Å². The molecular formula is C16H14ClFN2O3. The van der Waals surface area contributed by atoms with Crippen molar-refractivity contribution in [1.82, 2.24) is 0 Å². The third-order valence-corrected chi connectivity index (χ3v) is 3.27. The monoisotopic (exact) mass is 336 g/mol. The van der Waals surface area contributed by atoms with E-state index in [-0.39, 0.29) is 10.7 Å². The highest BCUT2D eigenvalue weighted by Gasteiger charge is 2.14. The molecule has 23 heavy (non-hydrogen) atoms. The molecular weight excluding hydrogens is 323 g/mol. The summed E-state index contributed by atoms with van der Waals surface area (Å²) in [4.78, 5) is 23.8. The molecule has 2 aromatic carbocycles. The quantitative estimate of drug-likeness (QED) is 0.822. The number of para-hydroxylation sites is 1. The van der Waals surface area contributed by atoms with Crippen molar-refractivity contribution in [2.75, 3.05) is 24.3 Å². The largest absolute Gasteiger partial charge is 0.452 e. The van der Waals surface area contributed by atoms with Crippen LogP contribution < -0.4 is 10.6 Å². The van der Waals surface area contributed by atoms with Crippen LogP contribution in [-0.2, 0) is 9.53 Å². The van der Waals surface area contributed by atoms with Crippen molar-refractivity contribution in [2.45, 2.75) is 0 Å². The molecule has 7 heteroatoms. The van der Waals surface area contributed by atoms with Gasteiger partial charge >= 0.3 is 5.97 Å². The van der Waals surface area contributed by atoms with Crippen LogP contribution in [0, 0.1) is 5.82 Å². The number of hydrogen-bond acceptors (Lipinski definition) is 4. The normalized spacial score (nSPS) is 10.0. The highest BCUT2D eigenvalue weighted by Crippen LogP contribution is 2.22. The minimum absolute atomic E-state index is 0.0604. The molecule has 1 amide bonds. The first-order valence-electron chi connectivity index (χ1n) is 6.70. The summed E-state index contributed by atoms with van der Waals surface area (Å²) in [6.07, 6.45) is 0. The summed E-state index contributed by atoms with van der Waals surface area (Å²) in [6, 6.07) is 10.3. The van der Waals surface area contributed by atoms with Crippen LogP contribution in [0.3, 0.4) is 0 Å². The number of esters is 1. The average Bonchev–Trinajstić information content (AvgIpc) is 2.55. The van der Waals surface area contributed by atoms with Crippen molar-refractivity contribution in [3.8, 4) is 0 Å². The van der Waals surface area contributed by atoms with Gasteiger partial charge in [-0.3, -0.25) is 4.79 Å². The Labute approximate surface area is 137 Å². The molecule has 0 atom stereocenters. The topological polar surface area (TPSA) is 67.4 Å². The van der Waals surface area contributed by atoms with Crippen LogP contribution in [0.25, 0.3) is 0 Å². The van der Waals surface area contributed by atoms with Gasteiger partial charge in [0, 0.05) is 12.7 Å². The van der Waals surface area contributed by atoms with E-state index in [0.29, 0.717) is 11.3 Å². The lowest BCUT2D eigenvalue weighted by Crippen LogP contribution is -2.21. The Balaban J connectivity index is 1.95. The van der Waals surface area contributed by atoms with Crippen molar-refractivity contribution < 1.29 is 18.7 Å². The second kappa shape index (κ2) is 7.60. The summed E-state index contributed by atoms with van der Waals surface area (Å²) in [5.41, 5.74) is 1.16. The number of rotatable bonds is 5. The number of halogens is 2. The number of carbonyl (C=O) groups is 2. The van der Waals surface area contributed by atoms with Crippen molar-refractivity contribution in [3.63, 3.8) is 0 Å². The van der Waals surface area contributed by atoms with Crippen molar-refractivity contribution >= 4 is 34.9 Å². The van der Waals surface area contributed by atoms with Gasteiger partial charge in [-0.1, -0.05) is 23.7 Å². The van der Waals surface area contributed by atoms with E-state index >= 15 is 0 Å².